The van der Waals surface area contributed by atoms with Crippen LogP contribution in [0.4, 0.5) is 0 Å². The van der Waals surface area contributed by atoms with E-state index in [4.69, 9.17) is 10.5 Å². The quantitative estimate of drug-likeness (QED) is 0.755. The van der Waals surface area contributed by atoms with Crippen LogP contribution >= 0.6 is 0 Å². The van der Waals surface area contributed by atoms with Gasteiger partial charge in [0.15, 0.2) is 0 Å². The molecule has 0 aromatic rings. The second-order valence-corrected chi connectivity index (χ2v) is 4.82. The summed E-state index contributed by atoms with van der Waals surface area (Å²) in [5, 5.41) is 3.02. The molecule has 1 saturated heterocycles. The molecule has 1 fully saturated rings. The largest absolute Gasteiger partial charge is 0.378 e. The fourth-order valence-electron chi connectivity index (χ4n) is 1.94. The van der Waals surface area contributed by atoms with Crippen molar-refractivity contribution in [3.63, 3.8) is 0 Å². The number of carbonyl (C=O) groups is 1. The van der Waals surface area contributed by atoms with Crippen molar-refractivity contribution in [1.82, 2.24) is 5.32 Å². The fourth-order valence-corrected chi connectivity index (χ4v) is 1.94. The smallest absolute Gasteiger partial charge is 0.237 e. The van der Waals surface area contributed by atoms with Crippen molar-refractivity contribution < 1.29 is 9.53 Å². The Labute approximate surface area is 97.9 Å². The van der Waals surface area contributed by atoms with E-state index in [9.17, 15) is 4.79 Å². The number of ether oxygens (including phenoxy) is 1. The Morgan fingerprint density at radius 2 is 2.31 bits per heavy atom. The van der Waals surface area contributed by atoms with Gasteiger partial charge in [0.1, 0.15) is 0 Å². The van der Waals surface area contributed by atoms with Crippen LogP contribution in [0.1, 0.15) is 40.0 Å². The van der Waals surface area contributed by atoms with Crippen LogP contribution in [-0.2, 0) is 9.53 Å². The number of rotatable bonds is 4. The van der Waals surface area contributed by atoms with Gasteiger partial charge in [0.05, 0.1) is 12.1 Å². The van der Waals surface area contributed by atoms with Crippen LogP contribution in [0, 0.1) is 5.92 Å². The first-order valence-electron chi connectivity index (χ1n) is 6.22. The van der Waals surface area contributed by atoms with Gasteiger partial charge in [-0.25, -0.2) is 0 Å². The average Bonchev–Trinajstić information content (AvgIpc) is 2.27. The van der Waals surface area contributed by atoms with Gasteiger partial charge >= 0.3 is 0 Å². The van der Waals surface area contributed by atoms with Gasteiger partial charge in [-0.3, -0.25) is 4.79 Å². The lowest BCUT2D eigenvalue weighted by Crippen LogP contribution is -2.50. The van der Waals surface area contributed by atoms with Crippen LogP contribution < -0.4 is 11.1 Å². The van der Waals surface area contributed by atoms with Crippen molar-refractivity contribution in [2.75, 3.05) is 6.61 Å². The Kier molecular flexibility index (Phi) is 5.22. The second-order valence-electron chi connectivity index (χ2n) is 4.82. The van der Waals surface area contributed by atoms with Crippen LogP contribution in [0.5, 0.6) is 0 Å². The SMILES string of the molecule is CC[C@H](C)[C@H](N)C(=O)NC1CCOC(C)C1. The first kappa shape index (κ1) is 13.5. The Morgan fingerprint density at radius 1 is 1.62 bits per heavy atom. The molecule has 0 radical (unpaired) electrons. The lowest BCUT2D eigenvalue weighted by atomic mass is 9.98. The fraction of sp³-hybridized carbons (Fsp3) is 0.917. The summed E-state index contributed by atoms with van der Waals surface area (Å²) in [6.45, 7) is 6.82. The van der Waals surface area contributed by atoms with E-state index in [1.165, 1.54) is 0 Å². The molecule has 0 aromatic carbocycles. The normalized spacial score (nSPS) is 29.5. The summed E-state index contributed by atoms with van der Waals surface area (Å²) in [7, 11) is 0. The van der Waals surface area contributed by atoms with E-state index in [-0.39, 0.29) is 30.0 Å². The third-order valence-electron chi connectivity index (χ3n) is 3.39. The molecule has 4 nitrogen and oxygen atoms in total. The molecule has 94 valence electrons. The summed E-state index contributed by atoms with van der Waals surface area (Å²) < 4.78 is 5.44. The summed E-state index contributed by atoms with van der Waals surface area (Å²) in [6, 6.07) is -0.158. The zero-order valence-electron chi connectivity index (χ0n) is 10.5. The Hall–Kier alpha value is -0.610. The standard InChI is InChI=1S/C12H24N2O2/c1-4-8(2)11(13)12(15)14-10-5-6-16-9(3)7-10/h8-11H,4-7,13H2,1-3H3,(H,14,15)/t8-,9?,10?,11-/m0/s1. The number of carbonyl (C=O) groups excluding carboxylic acids is 1. The Bertz CT molecular complexity index is 233. The minimum absolute atomic E-state index is 0.0200. The van der Waals surface area contributed by atoms with Crippen molar-refractivity contribution in [2.45, 2.75) is 58.2 Å². The Balaban J connectivity index is 2.38. The molecular weight excluding hydrogens is 204 g/mol. The molecule has 1 rings (SSSR count). The molecule has 3 N–H and O–H groups in total. The summed E-state index contributed by atoms with van der Waals surface area (Å²) in [4.78, 5) is 11.8. The summed E-state index contributed by atoms with van der Waals surface area (Å²) in [6.07, 6.45) is 2.94. The average molecular weight is 228 g/mol. The molecule has 4 heteroatoms. The van der Waals surface area contributed by atoms with Gasteiger partial charge in [-0.15, -0.1) is 0 Å². The third-order valence-corrected chi connectivity index (χ3v) is 3.39. The van der Waals surface area contributed by atoms with Gasteiger partial charge in [0.25, 0.3) is 0 Å². The highest BCUT2D eigenvalue weighted by molar-refractivity contribution is 5.82. The summed E-state index contributed by atoms with van der Waals surface area (Å²) in [5.41, 5.74) is 5.88. The molecule has 1 amide bonds. The molecule has 0 aromatic heterocycles. The van der Waals surface area contributed by atoms with Gasteiger partial charge in [0, 0.05) is 12.6 Å². The van der Waals surface area contributed by atoms with Crippen LogP contribution in [-0.4, -0.2) is 30.7 Å². The molecule has 0 aliphatic carbocycles. The molecule has 0 spiro atoms. The molecule has 1 heterocycles. The molecule has 0 saturated carbocycles. The monoisotopic (exact) mass is 228 g/mol. The molecule has 4 atom stereocenters. The van der Waals surface area contributed by atoms with Crippen LogP contribution in [0.25, 0.3) is 0 Å². The lowest BCUT2D eigenvalue weighted by Gasteiger charge is -2.29. The Morgan fingerprint density at radius 3 is 2.88 bits per heavy atom. The first-order valence-corrected chi connectivity index (χ1v) is 6.22. The lowest BCUT2D eigenvalue weighted by molar-refractivity contribution is -0.125. The van der Waals surface area contributed by atoms with E-state index >= 15 is 0 Å². The third kappa shape index (κ3) is 3.76. The molecule has 16 heavy (non-hydrogen) atoms. The van der Waals surface area contributed by atoms with Gasteiger partial charge < -0.3 is 15.8 Å². The number of hydrogen-bond donors (Lipinski definition) is 2. The van der Waals surface area contributed by atoms with Crippen molar-refractivity contribution in [3.8, 4) is 0 Å². The number of nitrogens with two attached hydrogens (primary N) is 1. The van der Waals surface area contributed by atoms with Crippen molar-refractivity contribution in [1.29, 1.82) is 0 Å². The van der Waals surface area contributed by atoms with Crippen LogP contribution in [0.15, 0.2) is 0 Å². The van der Waals surface area contributed by atoms with Crippen molar-refractivity contribution >= 4 is 5.91 Å². The first-order chi connectivity index (χ1) is 7.54. The van der Waals surface area contributed by atoms with E-state index in [0.717, 1.165) is 25.9 Å². The highest BCUT2D eigenvalue weighted by Gasteiger charge is 2.25. The zero-order valence-corrected chi connectivity index (χ0v) is 10.5. The van der Waals surface area contributed by atoms with Crippen LogP contribution in [0.3, 0.4) is 0 Å². The maximum atomic E-state index is 11.8. The summed E-state index contributed by atoms with van der Waals surface area (Å²) >= 11 is 0. The molecule has 1 aliphatic rings. The molecule has 0 bridgehead atoms. The highest BCUT2D eigenvalue weighted by atomic mass is 16.5. The highest BCUT2D eigenvalue weighted by Crippen LogP contribution is 2.14. The topological polar surface area (TPSA) is 64.4 Å². The van der Waals surface area contributed by atoms with Gasteiger partial charge in [-0.2, -0.15) is 0 Å². The number of amides is 1. The maximum absolute atomic E-state index is 11.8. The number of nitrogens with one attached hydrogen (secondary N) is 1. The van der Waals surface area contributed by atoms with Crippen molar-refractivity contribution in [2.24, 2.45) is 11.7 Å². The van der Waals surface area contributed by atoms with E-state index in [0.29, 0.717) is 0 Å². The maximum Gasteiger partial charge on any atom is 0.237 e. The minimum atomic E-state index is -0.386. The van der Waals surface area contributed by atoms with E-state index in [1.54, 1.807) is 0 Å². The predicted molar refractivity (Wildman–Crippen MR) is 64.0 cm³/mol. The molecule has 1 aliphatic heterocycles. The molecule has 2 unspecified atom stereocenters. The molecular formula is C12H24N2O2. The van der Waals surface area contributed by atoms with Crippen LogP contribution in [0.2, 0.25) is 0 Å². The zero-order chi connectivity index (χ0) is 12.1. The van der Waals surface area contributed by atoms with Gasteiger partial charge in [0.2, 0.25) is 5.91 Å². The second kappa shape index (κ2) is 6.21. The summed E-state index contributed by atoms with van der Waals surface area (Å²) in [5.74, 6) is 0.214. The van der Waals surface area contributed by atoms with Crippen molar-refractivity contribution in [3.05, 3.63) is 0 Å². The minimum Gasteiger partial charge on any atom is -0.378 e. The number of hydrogen-bond acceptors (Lipinski definition) is 3. The van der Waals surface area contributed by atoms with Gasteiger partial charge in [-0.1, -0.05) is 20.3 Å². The van der Waals surface area contributed by atoms with E-state index < -0.39 is 0 Å². The van der Waals surface area contributed by atoms with E-state index in [2.05, 4.69) is 5.32 Å². The predicted octanol–water partition coefficient (Wildman–Crippen LogP) is 1.04. The van der Waals surface area contributed by atoms with E-state index in [1.807, 2.05) is 20.8 Å². The van der Waals surface area contributed by atoms with Gasteiger partial charge in [-0.05, 0) is 25.7 Å².